The molecule has 7 nitrogen and oxygen atoms in total. The Hall–Kier alpha value is -2.38. The zero-order valence-corrected chi connectivity index (χ0v) is 12.6. The van der Waals surface area contributed by atoms with Crippen molar-refractivity contribution in [2.45, 2.75) is 12.5 Å². The van der Waals surface area contributed by atoms with Gasteiger partial charge < -0.3 is 25.0 Å². The number of amides is 2. The van der Waals surface area contributed by atoms with E-state index in [0.717, 1.165) is 10.9 Å². The normalized spacial score (nSPS) is 18.4. The van der Waals surface area contributed by atoms with Crippen LogP contribution in [0.2, 0.25) is 0 Å². The Balaban J connectivity index is 1.61. The first kappa shape index (κ1) is 15.5. The van der Waals surface area contributed by atoms with Gasteiger partial charge in [0, 0.05) is 30.5 Å². The first-order valence-corrected chi connectivity index (χ1v) is 7.55. The summed E-state index contributed by atoms with van der Waals surface area (Å²) in [7, 11) is 0. The number of nitrogens with one attached hydrogen (secondary N) is 2. The van der Waals surface area contributed by atoms with Crippen LogP contribution in [-0.4, -0.2) is 59.2 Å². The summed E-state index contributed by atoms with van der Waals surface area (Å²) in [4.78, 5) is 28.9. The predicted octanol–water partition coefficient (Wildman–Crippen LogP) is 0.716. The van der Waals surface area contributed by atoms with E-state index in [4.69, 9.17) is 9.84 Å². The summed E-state index contributed by atoms with van der Waals surface area (Å²) >= 11 is 0. The van der Waals surface area contributed by atoms with Gasteiger partial charge in [-0.15, -0.1) is 0 Å². The quantitative estimate of drug-likeness (QED) is 0.757. The van der Waals surface area contributed by atoms with Crippen LogP contribution in [0.15, 0.2) is 30.5 Å². The molecule has 0 radical (unpaired) electrons. The molecular weight excluding hydrogens is 298 g/mol. The number of anilines is 1. The molecule has 2 amide bonds. The average molecular weight is 317 g/mol. The highest BCUT2D eigenvalue weighted by Gasteiger charge is 2.31. The zero-order valence-electron chi connectivity index (χ0n) is 12.6. The Morgan fingerprint density at radius 1 is 1.43 bits per heavy atom. The molecule has 122 valence electrons. The molecule has 1 unspecified atom stereocenters. The molecule has 1 aromatic carbocycles. The highest BCUT2D eigenvalue weighted by atomic mass is 16.5. The number of aromatic amines is 1. The Bertz CT molecular complexity index is 710. The van der Waals surface area contributed by atoms with Gasteiger partial charge in [0.1, 0.15) is 6.10 Å². The third kappa shape index (κ3) is 3.52. The van der Waals surface area contributed by atoms with Crippen molar-refractivity contribution >= 4 is 28.4 Å². The van der Waals surface area contributed by atoms with E-state index in [1.165, 1.54) is 4.90 Å². The molecule has 1 atom stereocenters. The number of ether oxygens (including phenoxy) is 1. The summed E-state index contributed by atoms with van der Waals surface area (Å²) in [6.45, 7) is 0.990. The maximum Gasteiger partial charge on any atom is 0.252 e. The van der Waals surface area contributed by atoms with Gasteiger partial charge in [-0.1, -0.05) is 6.07 Å². The van der Waals surface area contributed by atoms with E-state index >= 15 is 0 Å². The highest BCUT2D eigenvalue weighted by Crippen LogP contribution is 2.18. The number of nitrogens with zero attached hydrogens (tertiary/aromatic N) is 1. The Morgan fingerprint density at radius 3 is 3.13 bits per heavy atom. The number of β-amino-alcohol motifs (C(OH)–C–C–N with tert-alkyl or cyclic N) is 1. The van der Waals surface area contributed by atoms with E-state index in [1.807, 2.05) is 30.5 Å². The second-order valence-electron chi connectivity index (χ2n) is 5.44. The lowest BCUT2D eigenvalue weighted by atomic mass is 10.1. The summed E-state index contributed by atoms with van der Waals surface area (Å²) < 4.78 is 5.39. The minimum Gasteiger partial charge on any atom is -0.395 e. The van der Waals surface area contributed by atoms with Crippen LogP contribution < -0.4 is 5.32 Å². The number of rotatable bonds is 5. The van der Waals surface area contributed by atoms with E-state index in [2.05, 4.69) is 10.3 Å². The fourth-order valence-electron chi connectivity index (χ4n) is 2.69. The Kier molecular flexibility index (Phi) is 4.59. The molecule has 1 aliphatic heterocycles. The maximum absolute atomic E-state index is 12.1. The molecule has 0 spiro atoms. The molecule has 0 saturated carbocycles. The lowest BCUT2D eigenvalue weighted by Gasteiger charge is -2.31. The standard InChI is InChI=1S/C16H19N3O4/c20-7-5-19-6-8-23-14(16(19)22)10-15(21)18-12-2-1-11-3-4-17-13(11)9-12/h1-4,9,14,17,20H,5-8,10H2,(H,18,21). The summed E-state index contributed by atoms with van der Waals surface area (Å²) in [5, 5.41) is 12.8. The van der Waals surface area contributed by atoms with Gasteiger partial charge in [0.25, 0.3) is 5.91 Å². The topological polar surface area (TPSA) is 94.7 Å². The van der Waals surface area contributed by atoms with Gasteiger partial charge >= 0.3 is 0 Å². The number of carbonyl (C=O) groups excluding carboxylic acids is 2. The Labute approximate surface area is 133 Å². The third-order valence-corrected chi connectivity index (χ3v) is 3.85. The number of aliphatic hydroxyl groups excluding tert-OH is 1. The molecule has 0 bridgehead atoms. The predicted molar refractivity (Wildman–Crippen MR) is 85.0 cm³/mol. The minimum absolute atomic E-state index is 0.0382. The van der Waals surface area contributed by atoms with Crippen LogP contribution in [0.1, 0.15) is 6.42 Å². The molecule has 23 heavy (non-hydrogen) atoms. The van der Waals surface area contributed by atoms with Crippen LogP contribution in [0.5, 0.6) is 0 Å². The van der Waals surface area contributed by atoms with Gasteiger partial charge in [0.05, 0.1) is 19.6 Å². The van der Waals surface area contributed by atoms with Crippen LogP contribution in [-0.2, 0) is 14.3 Å². The summed E-state index contributed by atoms with van der Waals surface area (Å²) in [6, 6.07) is 7.52. The molecule has 3 N–H and O–H groups in total. The molecular formula is C16H19N3O4. The van der Waals surface area contributed by atoms with Gasteiger partial charge in [-0.25, -0.2) is 0 Å². The Morgan fingerprint density at radius 2 is 2.30 bits per heavy atom. The number of aliphatic hydroxyl groups is 1. The third-order valence-electron chi connectivity index (χ3n) is 3.85. The second kappa shape index (κ2) is 6.80. The van der Waals surface area contributed by atoms with E-state index < -0.39 is 6.10 Å². The number of hydrogen-bond donors (Lipinski definition) is 3. The van der Waals surface area contributed by atoms with Crippen LogP contribution in [0.4, 0.5) is 5.69 Å². The number of H-pyrrole nitrogens is 1. The molecule has 2 aromatic rings. The molecule has 2 heterocycles. The largest absolute Gasteiger partial charge is 0.395 e. The second-order valence-corrected chi connectivity index (χ2v) is 5.44. The lowest BCUT2D eigenvalue weighted by molar-refractivity contribution is -0.155. The van der Waals surface area contributed by atoms with Gasteiger partial charge in [0.15, 0.2) is 0 Å². The SMILES string of the molecule is O=C(CC1OCCN(CCO)C1=O)Nc1ccc2cc[nH]c2c1. The number of hydrogen-bond acceptors (Lipinski definition) is 4. The van der Waals surface area contributed by atoms with Crippen LogP contribution in [0.25, 0.3) is 10.9 Å². The van der Waals surface area contributed by atoms with Crippen molar-refractivity contribution in [3.63, 3.8) is 0 Å². The first-order valence-electron chi connectivity index (χ1n) is 7.55. The molecule has 1 aliphatic rings. The number of carbonyl (C=O) groups is 2. The van der Waals surface area contributed by atoms with E-state index in [0.29, 0.717) is 18.8 Å². The van der Waals surface area contributed by atoms with Crippen LogP contribution >= 0.6 is 0 Å². The molecule has 1 saturated heterocycles. The molecule has 7 heteroatoms. The monoisotopic (exact) mass is 317 g/mol. The average Bonchev–Trinajstić information content (AvgIpc) is 2.99. The number of aromatic nitrogens is 1. The molecule has 1 fully saturated rings. The fraction of sp³-hybridized carbons (Fsp3) is 0.375. The van der Waals surface area contributed by atoms with Gasteiger partial charge in [-0.05, 0) is 23.6 Å². The van der Waals surface area contributed by atoms with Crippen molar-refractivity contribution in [2.75, 3.05) is 31.6 Å². The molecule has 3 rings (SSSR count). The van der Waals surface area contributed by atoms with Crippen molar-refractivity contribution in [1.29, 1.82) is 0 Å². The van der Waals surface area contributed by atoms with E-state index in [-0.39, 0.29) is 31.4 Å². The van der Waals surface area contributed by atoms with Crippen molar-refractivity contribution < 1.29 is 19.4 Å². The number of benzene rings is 1. The maximum atomic E-state index is 12.1. The number of morpholine rings is 1. The van der Waals surface area contributed by atoms with Crippen LogP contribution in [0.3, 0.4) is 0 Å². The van der Waals surface area contributed by atoms with Gasteiger partial charge in [-0.2, -0.15) is 0 Å². The highest BCUT2D eigenvalue weighted by molar-refractivity contribution is 5.96. The number of fused-ring (bicyclic) bond motifs is 1. The smallest absolute Gasteiger partial charge is 0.252 e. The van der Waals surface area contributed by atoms with Gasteiger partial charge in [0.2, 0.25) is 5.91 Å². The van der Waals surface area contributed by atoms with E-state index in [9.17, 15) is 9.59 Å². The summed E-state index contributed by atoms with van der Waals surface area (Å²) in [6.07, 6.45) is 1.01. The van der Waals surface area contributed by atoms with Crippen molar-refractivity contribution in [3.8, 4) is 0 Å². The lowest BCUT2D eigenvalue weighted by Crippen LogP contribution is -2.49. The fourth-order valence-corrected chi connectivity index (χ4v) is 2.69. The van der Waals surface area contributed by atoms with E-state index in [1.54, 1.807) is 0 Å². The molecule has 1 aromatic heterocycles. The van der Waals surface area contributed by atoms with Crippen LogP contribution in [0, 0.1) is 0 Å². The van der Waals surface area contributed by atoms with Crippen molar-refractivity contribution in [3.05, 3.63) is 30.5 Å². The van der Waals surface area contributed by atoms with Crippen molar-refractivity contribution in [2.24, 2.45) is 0 Å². The first-order chi connectivity index (χ1) is 11.2. The minimum atomic E-state index is -0.787. The summed E-state index contributed by atoms with van der Waals surface area (Å²) in [5.41, 5.74) is 1.60. The van der Waals surface area contributed by atoms with Gasteiger partial charge in [-0.3, -0.25) is 9.59 Å². The zero-order chi connectivity index (χ0) is 16.2. The molecule has 0 aliphatic carbocycles. The van der Waals surface area contributed by atoms with Crippen molar-refractivity contribution in [1.82, 2.24) is 9.88 Å². The summed E-state index contributed by atoms with van der Waals surface area (Å²) in [5.74, 6) is -0.527.